The lowest BCUT2D eigenvalue weighted by Gasteiger charge is -2.30. The van der Waals surface area contributed by atoms with Crippen molar-refractivity contribution in [1.29, 1.82) is 0 Å². The lowest BCUT2D eigenvalue weighted by Crippen LogP contribution is -2.39. The molecule has 2 nitrogen and oxygen atoms in total. The molecule has 4 heteroatoms. The standard InChI is InChI=1S/C12H16F2N2/c13-10-2-1-9(12(14)7-10)8-16-5-3-11(15)4-6-16/h1-2,7,11H,3-6,8,15H2. The van der Waals surface area contributed by atoms with Crippen molar-refractivity contribution in [2.24, 2.45) is 5.73 Å². The van der Waals surface area contributed by atoms with Gasteiger partial charge in [0.25, 0.3) is 0 Å². The molecule has 0 unspecified atom stereocenters. The van der Waals surface area contributed by atoms with Gasteiger partial charge < -0.3 is 5.73 Å². The van der Waals surface area contributed by atoms with Crippen molar-refractivity contribution >= 4 is 0 Å². The Kier molecular flexibility index (Phi) is 3.51. The molecule has 0 aliphatic carbocycles. The molecule has 1 saturated heterocycles. The van der Waals surface area contributed by atoms with E-state index in [4.69, 9.17) is 5.73 Å². The summed E-state index contributed by atoms with van der Waals surface area (Å²) in [5, 5.41) is 0. The van der Waals surface area contributed by atoms with Crippen LogP contribution in [0.2, 0.25) is 0 Å². The van der Waals surface area contributed by atoms with Gasteiger partial charge in [0.1, 0.15) is 11.6 Å². The molecule has 1 aliphatic heterocycles. The van der Waals surface area contributed by atoms with E-state index in [-0.39, 0.29) is 6.04 Å². The number of hydrogen-bond donors (Lipinski definition) is 1. The molecule has 88 valence electrons. The summed E-state index contributed by atoms with van der Waals surface area (Å²) in [5.41, 5.74) is 6.34. The summed E-state index contributed by atoms with van der Waals surface area (Å²) in [6.07, 6.45) is 1.89. The fourth-order valence-corrected chi connectivity index (χ4v) is 2.00. The van der Waals surface area contributed by atoms with Crippen molar-refractivity contribution in [3.63, 3.8) is 0 Å². The Morgan fingerprint density at radius 3 is 2.56 bits per heavy atom. The Balaban J connectivity index is 1.98. The van der Waals surface area contributed by atoms with Crippen LogP contribution >= 0.6 is 0 Å². The summed E-state index contributed by atoms with van der Waals surface area (Å²) in [6, 6.07) is 4.02. The third-order valence-corrected chi connectivity index (χ3v) is 3.04. The van der Waals surface area contributed by atoms with Crippen molar-refractivity contribution in [3.8, 4) is 0 Å². The number of piperidine rings is 1. The van der Waals surface area contributed by atoms with Gasteiger partial charge in [-0.3, -0.25) is 4.90 Å². The van der Waals surface area contributed by atoms with Crippen LogP contribution in [0.25, 0.3) is 0 Å². The van der Waals surface area contributed by atoms with Crippen LogP contribution in [-0.2, 0) is 6.54 Å². The van der Waals surface area contributed by atoms with E-state index in [0.29, 0.717) is 12.1 Å². The third-order valence-electron chi connectivity index (χ3n) is 3.04. The zero-order valence-electron chi connectivity index (χ0n) is 9.13. The van der Waals surface area contributed by atoms with Gasteiger partial charge in [0.05, 0.1) is 0 Å². The number of likely N-dealkylation sites (tertiary alicyclic amines) is 1. The summed E-state index contributed by atoms with van der Waals surface area (Å²) in [4.78, 5) is 2.15. The van der Waals surface area contributed by atoms with Gasteiger partial charge in [0.2, 0.25) is 0 Å². The van der Waals surface area contributed by atoms with Gasteiger partial charge in [-0.05, 0) is 32.0 Å². The molecule has 2 N–H and O–H groups in total. The van der Waals surface area contributed by atoms with Crippen LogP contribution in [0, 0.1) is 11.6 Å². The summed E-state index contributed by atoms with van der Waals surface area (Å²) < 4.78 is 26.1. The Hall–Kier alpha value is -1.00. The highest BCUT2D eigenvalue weighted by atomic mass is 19.1. The van der Waals surface area contributed by atoms with Crippen LogP contribution in [0.5, 0.6) is 0 Å². The molecule has 1 aromatic carbocycles. The highest BCUT2D eigenvalue weighted by Gasteiger charge is 2.17. The van der Waals surface area contributed by atoms with E-state index in [2.05, 4.69) is 4.90 Å². The summed E-state index contributed by atoms with van der Waals surface area (Å²) in [7, 11) is 0. The zero-order chi connectivity index (χ0) is 11.5. The SMILES string of the molecule is NC1CCN(Cc2ccc(F)cc2F)CC1. The first-order valence-electron chi connectivity index (χ1n) is 5.57. The Morgan fingerprint density at radius 1 is 1.25 bits per heavy atom. The van der Waals surface area contributed by atoms with Gasteiger partial charge in [0.15, 0.2) is 0 Å². The number of halogens is 2. The molecular weight excluding hydrogens is 210 g/mol. The molecule has 0 aromatic heterocycles. The normalized spacial score (nSPS) is 18.9. The fraction of sp³-hybridized carbons (Fsp3) is 0.500. The van der Waals surface area contributed by atoms with E-state index in [1.807, 2.05) is 0 Å². The lowest BCUT2D eigenvalue weighted by molar-refractivity contribution is 0.203. The first-order chi connectivity index (χ1) is 7.65. The molecule has 1 aliphatic rings. The fourth-order valence-electron chi connectivity index (χ4n) is 2.00. The molecule has 0 saturated carbocycles. The highest BCUT2D eigenvalue weighted by Crippen LogP contribution is 2.15. The summed E-state index contributed by atoms with van der Waals surface area (Å²) >= 11 is 0. The first kappa shape index (κ1) is 11.5. The zero-order valence-corrected chi connectivity index (χ0v) is 9.13. The van der Waals surface area contributed by atoms with Crippen LogP contribution in [0.4, 0.5) is 8.78 Å². The quantitative estimate of drug-likeness (QED) is 0.834. The van der Waals surface area contributed by atoms with Crippen molar-refractivity contribution in [3.05, 3.63) is 35.4 Å². The molecule has 0 spiro atoms. The average Bonchev–Trinajstić information content (AvgIpc) is 2.25. The molecule has 0 amide bonds. The second-order valence-electron chi connectivity index (χ2n) is 4.35. The smallest absolute Gasteiger partial charge is 0.130 e. The molecule has 2 rings (SSSR count). The van der Waals surface area contributed by atoms with Crippen LogP contribution in [0.3, 0.4) is 0 Å². The maximum absolute atomic E-state index is 13.4. The molecule has 1 heterocycles. The maximum atomic E-state index is 13.4. The second-order valence-corrected chi connectivity index (χ2v) is 4.35. The second kappa shape index (κ2) is 4.89. The summed E-state index contributed by atoms with van der Waals surface area (Å²) in [5.74, 6) is -0.989. The van der Waals surface area contributed by atoms with Crippen LogP contribution < -0.4 is 5.73 Å². The average molecular weight is 226 g/mol. The molecule has 1 fully saturated rings. The van der Waals surface area contributed by atoms with E-state index in [0.717, 1.165) is 32.0 Å². The van der Waals surface area contributed by atoms with Crippen molar-refractivity contribution < 1.29 is 8.78 Å². The highest BCUT2D eigenvalue weighted by molar-refractivity contribution is 5.18. The van der Waals surface area contributed by atoms with Gasteiger partial charge in [0, 0.05) is 24.2 Å². The Bertz CT molecular complexity index is 360. The van der Waals surface area contributed by atoms with Gasteiger partial charge in [-0.15, -0.1) is 0 Å². The molecule has 0 radical (unpaired) electrons. The Labute approximate surface area is 94.0 Å². The van der Waals surface area contributed by atoms with Crippen LogP contribution in [0.1, 0.15) is 18.4 Å². The van der Waals surface area contributed by atoms with Gasteiger partial charge in [-0.1, -0.05) is 6.07 Å². The number of benzene rings is 1. The molecule has 1 aromatic rings. The predicted molar refractivity (Wildman–Crippen MR) is 58.8 cm³/mol. The molecule has 0 bridgehead atoms. The minimum Gasteiger partial charge on any atom is -0.328 e. The van der Waals surface area contributed by atoms with E-state index < -0.39 is 11.6 Å². The molecule has 0 atom stereocenters. The monoisotopic (exact) mass is 226 g/mol. The Morgan fingerprint density at radius 2 is 1.94 bits per heavy atom. The first-order valence-corrected chi connectivity index (χ1v) is 5.57. The van der Waals surface area contributed by atoms with Crippen molar-refractivity contribution in [2.75, 3.05) is 13.1 Å². The van der Waals surface area contributed by atoms with Crippen LogP contribution in [-0.4, -0.2) is 24.0 Å². The number of rotatable bonds is 2. The van der Waals surface area contributed by atoms with Gasteiger partial charge >= 0.3 is 0 Å². The third kappa shape index (κ3) is 2.77. The predicted octanol–water partition coefficient (Wildman–Crippen LogP) is 1.89. The number of nitrogens with zero attached hydrogens (tertiary/aromatic N) is 1. The van der Waals surface area contributed by atoms with E-state index in [1.165, 1.54) is 12.1 Å². The van der Waals surface area contributed by atoms with Crippen molar-refractivity contribution in [1.82, 2.24) is 4.90 Å². The lowest BCUT2D eigenvalue weighted by atomic mass is 10.1. The number of nitrogens with two attached hydrogens (primary N) is 1. The molecule has 16 heavy (non-hydrogen) atoms. The topological polar surface area (TPSA) is 29.3 Å². The van der Waals surface area contributed by atoms with Crippen molar-refractivity contribution in [2.45, 2.75) is 25.4 Å². The van der Waals surface area contributed by atoms with E-state index in [9.17, 15) is 8.78 Å². The number of hydrogen-bond acceptors (Lipinski definition) is 2. The summed E-state index contributed by atoms with van der Waals surface area (Å²) in [6.45, 7) is 2.31. The largest absolute Gasteiger partial charge is 0.328 e. The van der Waals surface area contributed by atoms with Gasteiger partial charge in [-0.2, -0.15) is 0 Å². The van der Waals surface area contributed by atoms with E-state index in [1.54, 1.807) is 0 Å². The van der Waals surface area contributed by atoms with Crippen LogP contribution in [0.15, 0.2) is 18.2 Å². The maximum Gasteiger partial charge on any atom is 0.130 e. The minimum absolute atomic E-state index is 0.273. The van der Waals surface area contributed by atoms with Gasteiger partial charge in [-0.25, -0.2) is 8.78 Å². The molecular formula is C12H16F2N2. The van der Waals surface area contributed by atoms with E-state index >= 15 is 0 Å². The minimum atomic E-state index is -0.526.